The van der Waals surface area contributed by atoms with E-state index in [1.54, 1.807) is 11.8 Å². The Morgan fingerprint density at radius 1 is 1.06 bits per heavy atom. The van der Waals surface area contributed by atoms with Crippen molar-refractivity contribution < 1.29 is 22.8 Å². The Labute approximate surface area is 192 Å². The Kier molecular flexibility index (Phi) is 7.23. The van der Waals surface area contributed by atoms with Crippen LogP contribution in [0.2, 0.25) is 0 Å². The fourth-order valence-corrected chi connectivity index (χ4v) is 6.37. The van der Waals surface area contributed by atoms with Gasteiger partial charge in [-0.3, -0.25) is 9.59 Å². The normalized spacial score (nSPS) is 20.0. The molecule has 1 aromatic rings. The number of hydrogen-bond acceptors (Lipinski definition) is 3. The van der Waals surface area contributed by atoms with Gasteiger partial charge in [0, 0.05) is 37.4 Å². The van der Waals surface area contributed by atoms with Crippen molar-refractivity contribution >= 4 is 23.6 Å². The first-order chi connectivity index (χ1) is 14.8. The molecule has 1 aromatic carbocycles. The number of nitrogens with zero attached hydrogens (tertiary/aromatic N) is 2. The minimum Gasteiger partial charge on any atom is -0.342 e. The fraction of sp³-hybridized carbons (Fsp3) is 0.667. The molecule has 3 rings (SSSR count). The molecule has 0 N–H and O–H groups in total. The van der Waals surface area contributed by atoms with Crippen molar-refractivity contribution in [3.63, 3.8) is 0 Å². The van der Waals surface area contributed by atoms with Gasteiger partial charge in [0.2, 0.25) is 5.91 Å². The first-order valence-electron chi connectivity index (χ1n) is 11.2. The van der Waals surface area contributed by atoms with Crippen LogP contribution in [0.5, 0.6) is 0 Å². The Hall–Kier alpha value is -1.70. The van der Waals surface area contributed by atoms with Gasteiger partial charge in [0.1, 0.15) is 0 Å². The number of thioether (sulfide) groups is 1. The molecule has 1 atom stereocenters. The maximum Gasteiger partial charge on any atom is 0.416 e. The standard InChI is InChI=1S/C24H33F3N2O2S/c1-17(16-22(2,3)4)15-20(30)28-11-9-23(10-12-28)29(13-14-32-23)21(31)18-5-7-19(8-6-18)24(25,26)27/h5-8,17H,9-16H2,1-4H3. The van der Waals surface area contributed by atoms with E-state index in [1.807, 2.05) is 9.80 Å². The highest BCUT2D eigenvalue weighted by Gasteiger charge is 2.47. The van der Waals surface area contributed by atoms with Crippen LogP contribution >= 0.6 is 11.8 Å². The maximum atomic E-state index is 13.1. The Morgan fingerprint density at radius 2 is 1.66 bits per heavy atom. The molecule has 8 heteroatoms. The number of benzene rings is 1. The van der Waals surface area contributed by atoms with Gasteiger partial charge in [0.15, 0.2) is 0 Å². The van der Waals surface area contributed by atoms with Crippen LogP contribution in [0.15, 0.2) is 24.3 Å². The van der Waals surface area contributed by atoms with Crippen LogP contribution in [0.4, 0.5) is 13.2 Å². The highest BCUT2D eigenvalue weighted by atomic mass is 32.2. The van der Waals surface area contributed by atoms with Gasteiger partial charge in [-0.2, -0.15) is 13.2 Å². The summed E-state index contributed by atoms with van der Waals surface area (Å²) in [7, 11) is 0. The van der Waals surface area contributed by atoms with Crippen LogP contribution < -0.4 is 0 Å². The van der Waals surface area contributed by atoms with Crippen molar-refractivity contribution in [2.24, 2.45) is 11.3 Å². The zero-order chi connectivity index (χ0) is 23.7. The molecule has 32 heavy (non-hydrogen) atoms. The maximum absolute atomic E-state index is 13.1. The molecule has 1 spiro atoms. The van der Waals surface area contributed by atoms with Crippen molar-refractivity contribution in [2.75, 3.05) is 25.4 Å². The van der Waals surface area contributed by atoms with Gasteiger partial charge >= 0.3 is 6.18 Å². The zero-order valence-electron chi connectivity index (χ0n) is 19.3. The first kappa shape index (κ1) is 24.9. The average molecular weight is 471 g/mol. The molecule has 0 aromatic heterocycles. The summed E-state index contributed by atoms with van der Waals surface area (Å²) in [6.07, 6.45) is -1.53. The largest absolute Gasteiger partial charge is 0.416 e. The van der Waals surface area contributed by atoms with Crippen LogP contribution in [-0.2, 0) is 11.0 Å². The number of piperidine rings is 1. The van der Waals surface area contributed by atoms with E-state index in [0.29, 0.717) is 44.8 Å². The molecular formula is C24H33F3N2O2S. The molecule has 178 valence electrons. The third-order valence-electron chi connectivity index (χ3n) is 6.26. The van der Waals surface area contributed by atoms with Crippen LogP contribution in [-0.4, -0.2) is 51.9 Å². The van der Waals surface area contributed by atoms with Gasteiger partial charge < -0.3 is 9.80 Å². The Balaban J connectivity index is 1.62. The monoisotopic (exact) mass is 470 g/mol. The number of halogens is 3. The van der Waals surface area contributed by atoms with Crippen LogP contribution in [0.3, 0.4) is 0 Å². The summed E-state index contributed by atoms with van der Waals surface area (Å²) >= 11 is 1.73. The third-order valence-corrected chi connectivity index (χ3v) is 7.82. The smallest absolute Gasteiger partial charge is 0.342 e. The lowest BCUT2D eigenvalue weighted by molar-refractivity contribution is -0.137. The molecular weight excluding hydrogens is 437 g/mol. The summed E-state index contributed by atoms with van der Waals surface area (Å²) in [4.78, 5) is 29.3. The Morgan fingerprint density at radius 3 is 2.19 bits per heavy atom. The van der Waals surface area contributed by atoms with Crippen molar-refractivity contribution in [1.29, 1.82) is 0 Å². The fourth-order valence-electron chi connectivity index (χ4n) is 4.92. The second-order valence-electron chi connectivity index (χ2n) is 10.3. The molecule has 2 saturated heterocycles. The molecule has 2 amide bonds. The highest BCUT2D eigenvalue weighted by molar-refractivity contribution is 8.00. The van der Waals surface area contributed by atoms with Gasteiger partial charge in [-0.15, -0.1) is 11.8 Å². The highest BCUT2D eigenvalue weighted by Crippen LogP contribution is 2.45. The Bertz CT molecular complexity index is 825. The summed E-state index contributed by atoms with van der Waals surface area (Å²) in [6.45, 7) is 10.4. The molecule has 2 heterocycles. The van der Waals surface area contributed by atoms with Gasteiger partial charge in [0.05, 0.1) is 10.4 Å². The molecule has 0 bridgehead atoms. The van der Waals surface area contributed by atoms with Crippen molar-refractivity contribution in [1.82, 2.24) is 9.80 Å². The molecule has 4 nitrogen and oxygen atoms in total. The zero-order valence-corrected chi connectivity index (χ0v) is 20.1. The number of alkyl halides is 3. The number of hydrogen-bond donors (Lipinski definition) is 0. The summed E-state index contributed by atoms with van der Waals surface area (Å²) < 4.78 is 38.5. The molecule has 2 aliphatic rings. The van der Waals surface area contributed by atoms with Gasteiger partial charge in [-0.1, -0.05) is 27.7 Å². The van der Waals surface area contributed by atoms with E-state index in [9.17, 15) is 22.8 Å². The number of carbonyl (C=O) groups excluding carboxylic acids is 2. The van der Waals surface area contributed by atoms with Crippen LogP contribution in [0.25, 0.3) is 0 Å². The number of carbonyl (C=O) groups is 2. The lowest BCUT2D eigenvalue weighted by Crippen LogP contribution is -2.53. The van der Waals surface area contributed by atoms with Crippen molar-refractivity contribution in [3.8, 4) is 0 Å². The van der Waals surface area contributed by atoms with Gasteiger partial charge in [-0.05, 0) is 54.9 Å². The summed E-state index contributed by atoms with van der Waals surface area (Å²) in [5.74, 6) is 1.04. The van der Waals surface area contributed by atoms with Gasteiger partial charge in [-0.25, -0.2) is 0 Å². The predicted molar refractivity (Wildman–Crippen MR) is 121 cm³/mol. The van der Waals surface area contributed by atoms with E-state index in [-0.39, 0.29) is 27.7 Å². The predicted octanol–water partition coefficient (Wildman–Crippen LogP) is 5.68. The second-order valence-corrected chi connectivity index (χ2v) is 11.7. The SMILES string of the molecule is CC(CC(=O)N1CCC2(CC1)SCCN2C(=O)c1ccc(C(F)(F)F)cc1)CC(C)(C)C. The topological polar surface area (TPSA) is 40.6 Å². The summed E-state index contributed by atoms with van der Waals surface area (Å²) in [5, 5.41) is 0. The molecule has 2 aliphatic heterocycles. The van der Waals surface area contributed by atoms with Crippen LogP contribution in [0, 0.1) is 11.3 Å². The number of likely N-dealkylation sites (tertiary alicyclic amines) is 1. The lowest BCUT2D eigenvalue weighted by Gasteiger charge is -2.44. The minimum absolute atomic E-state index is 0.167. The molecule has 0 saturated carbocycles. The van der Waals surface area contributed by atoms with E-state index >= 15 is 0 Å². The summed E-state index contributed by atoms with van der Waals surface area (Å²) in [5.41, 5.74) is -0.299. The van der Waals surface area contributed by atoms with E-state index in [4.69, 9.17) is 0 Å². The van der Waals surface area contributed by atoms with Crippen molar-refractivity contribution in [2.45, 2.75) is 64.4 Å². The average Bonchev–Trinajstić information content (AvgIpc) is 3.08. The minimum atomic E-state index is -4.42. The number of amides is 2. The van der Waals surface area contributed by atoms with E-state index in [2.05, 4.69) is 27.7 Å². The first-order valence-corrected chi connectivity index (χ1v) is 12.2. The number of rotatable bonds is 4. The molecule has 0 aliphatic carbocycles. The molecule has 0 radical (unpaired) electrons. The van der Waals surface area contributed by atoms with Gasteiger partial charge in [0.25, 0.3) is 5.91 Å². The molecule has 1 unspecified atom stereocenters. The van der Waals surface area contributed by atoms with E-state index < -0.39 is 11.7 Å². The molecule has 2 fully saturated rings. The van der Waals surface area contributed by atoms with Crippen LogP contribution in [0.1, 0.15) is 69.3 Å². The third kappa shape index (κ3) is 5.80. The van der Waals surface area contributed by atoms with Crippen molar-refractivity contribution in [3.05, 3.63) is 35.4 Å². The quantitative estimate of drug-likeness (QED) is 0.569. The second kappa shape index (κ2) is 9.27. The lowest BCUT2D eigenvalue weighted by atomic mass is 9.84. The van der Waals surface area contributed by atoms with E-state index in [1.165, 1.54) is 12.1 Å². The van der Waals surface area contributed by atoms with E-state index in [0.717, 1.165) is 24.3 Å². The summed E-state index contributed by atoms with van der Waals surface area (Å²) in [6, 6.07) is 4.44.